The molecular weight excluding hydrogens is 464 g/mol. The van der Waals surface area contributed by atoms with Gasteiger partial charge < -0.3 is 0 Å². The monoisotopic (exact) mass is 479 g/mol. The lowest BCUT2D eigenvalue weighted by Crippen LogP contribution is -2.31. The zero-order valence-electron chi connectivity index (χ0n) is 16.4. The molecule has 31 heavy (non-hydrogen) atoms. The van der Waals surface area contributed by atoms with Crippen molar-refractivity contribution in [1.82, 2.24) is 19.6 Å². The van der Waals surface area contributed by atoms with Gasteiger partial charge in [0.25, 0.3) is 21.7 Å². The van der Waals surface area contributed by atoms with E-state index in [1.54, 1.807) is 19.9 Å². The van der Waals surface area contributed by atoms with Crippen LogP contribution in [0.3, 0.4) is 0 Å². The zero-order valence-corrected chi connectivity index (χ0v) is 18.7. The second kappa shape index (κ2) is 8.07. The van der Waals surface area contributed by atoms with E-state index in [2.05, 4.69) is 15.1 Å². The summed E-state index contributed by atoms with van der Waals surface area (Å²) in [6, 6.07) is 11.4. The lowest BCUT2D eigenvalue weighted by atomic mass is 10.2. The van der Waals surface area contributed by atoms with E-state index in [0.717, 1.165) is 4.31 Å². The van der Waals surface area contributed by atoms with E-state index in [4.69, 9.17) is 23.2 Å². The van der Waals surface area contributed by atoms with E-state index >= 15 is 0 Å². The summed E-state index contributed by atoms with van der Waals surface area (Å²) < 4.78 is 43.1. The fraction of sp³-hybridized carbons (Fsp3) is 0.150. The number of fused-ring (bicyclic) bond motifs is 1. The molecule has 0 atom stereocenters. The average molecular weight is 480 g/mol. The minimum absolute atomic E-state index is 0.00828. The number of anilines is 1. The van der Waals surface area contributed by atoms with Gasteiger partial charge in [0.2, 0.25) is 0 Å². The fourth-order valence-electron chi connectivity index (χ4n) is 3.05. The number of halogens is 3. The van der Waals surface area contributed by atoms with Crippen molar-refractivity contribution in [3.8, 4) is 0 Å². The quantitative estimate of drug-likeness (QED) is 0.418. The molecule has 0 saturated carbocycles. The summed E-state index contributed by atoms with van der Waals surface area (Å²) in [6.07, 6.45) is 0. The molecule has 2 aromatic heterocycles. The predicted octanol–water partition coefficient (Wildman–Crippen LogP) is 4.58. The minimum Gasteiger partial charge on any atom is -0.228 e. The van der Waals surface area contributed by atoms with Gasteiger partial charge in [-0.05, 0) is 55.8 Å². The first-order valence-corrected chi connectivity index (χ1v) is 11.3. The Kier molecular flexibility index (Phi) is 5.59. The molecule has 0 spiro atoms. The Morgan fingerprint density at radius 3 is 2.45 bits per heavy atom. The van der Waals surface area contributed by atoms with Gasteiger partial charge in [0.05, 0.1) is 27.9 Å². The van der Waals surface area contributed by atoms with E-state index in [9.17, 15) is 12.8 Å². The minimum atomic E-state index is -4.11. The third-order valence-corrected chi connectivity index (χ3v) is 7.18. The maximum Gasteiger partial charge on any atom is 0.267 e. The Bertz CT molecular complexity index is 1390. The predicted molar refractivity (Wildman–Crippen MR) is 116 cm³/mol. The van der Waals surface area contributed by atoms with Crippen LogP contribution in [0.5, 0.6) is 0 Å². The van der Waals surface area contributed by atoms with Gasteiger partial charge in [-0.1, -0.05) is 35.3 Å². The number of hydrogen-bond donors (Lipinski definition) is 0. The first kappa shape index (κ1) is 21.5. The molecule has 0 radical (unpaired) electrons. The van der Waals surface area contributed by atoms with Crippen molar-refractivity contribution < 1.29 is 12.8 Å². The second-order valence-electron chi connectivity index (χ2n) is 6.82. The van der Waals surface area contributed by atoms with Crippen LogP contribution in [0.1, 0.15) is 17.0 Å². The molecule has 0 unspecified atom stereocenters. The van der Waals surface area contributed by atoms with Crippen molar-refractivity contribution in [3.63, 3.8) is 0 Å². The van der Waals surface area contributed by atoms with Crippen molar-refractivity contribution >= 4 is 45.0 Å². The fourth-order valence-corrected chi connectivity index (χ4v) is 4.64. The first-order valence-electron chi connectivity index (χ1n) is 9.09. The van der Waals surface area contributed by atoms with Crippen molar-refractivity contribution in [2.24, 2.45) is 0 Å². The highest BCUT2D eigenvalue weighted by Crippen LogP contribution is 2.27. The van der Waals surface area contributed by atoms with Crippen molar-refractivity contribution in [2.45, 2.75) is 25.3 Å². The second-order valence-corrected chi connectivity index (χ2v) is 9.49. The molecule has 2 heterocycles. The molecule has 0 amide bonds. The number of rotatable bonds is 5. The SMILES string of the molecule is Cc1nc2nc(N(Cc3cccc(F)c3)S(=O)(=O)c3ccc(Cl)cc3)nn2c(C)c1Cl. The third-order valence-electron chi connectivity index (χ3n) is 4.64. The summed E-state index contributed by atoms with van der Waals surface area (Å²) in [5.74, 6) is -0.398. The van der Waals surface area contributed by atoms with Crippen molar-refractivity contribution in [2.75, 3.05) is 4.31 Å². The summed E-state index contributed by atoms with van der Waals surface area (Å²) in [4.78, 5) is 8.59. The van der Waals surface area contributed by atoms with Gasteiger partial charge in [-0.15, -0.1) is 5.10 Å². The number of hydrogen-bond acceptors (Lipinski definition) is 5. The molecule has 0 N–H and O–H groups in total. The average Bonchev–Trinajstić information content (AvgIpc) is 3.14. The lowest BCUT2D eigenvalue weighted by molar-refractivity contribution is 0.588. The number of aromatic nitrogens is 4. The molecule has 0 aliphatic carbocycles. The molecule has 0 aliphatic heterocycles. The normalized spacial score (nSPS) is 11.8. The van der Waals surface area contributed by atoms with Gasteiger partial charge in [-0.25, -0.2) is 22.1 Å². The smallest absolute Gasteiger partial charge is 0.228 e. The Hall–Kier alpha value is -2.75. The first-order chi connectivity index (χ1) is 14.7. The van der Waals surface area contributed by atoms with Crippen LogP contribution in [0.2, 0.25) is 10.0 Å². The molecule has 2 aromatic carbocycles. The highest BCUT2D eigenvalue weighted by molar-refractivity contribution is 7.92. The molecule has 160 valence electrons. The van der Waals surface area contributed by atoms with Gasteiger partial charge in [0.1, 0.15) is 5.82 Å². The molecule has 0 aliphatic rings. The Balaban J connectivity index is 1.89. The van der Waals surface area contributed by atoms with Gasteiger partial charge in [-0.2, -0.15) is 9.50 Å². The largest absolute Gasteiger partial charge is 0.267 e. The molecule has 0 bridgehead atoms. The topological polar surface area (TPSA) is 80.5 Å². The van der Waals surface area contributed by atoms with Crippen LogP contribution in [0.4, 0.5) is 10.3 Å². The van der Waals surface area contributed by atoms with Crippen molar-refractivity contribution in [3.05, 3.63) is 81.3 Å². The van der Waals surface area contributed by atoms with Gasteiger partial charge >= 0.3 is 0 Å². The zero-order chi connectivity index (χ0) is 22.3. The molecule has 4 aromatic rings. The van der Waals surface area contributed by atoms with Crippen LogP contribution < -0.4 is 4.31 Å². The molecule has 4 rings (SSSR count). The van der Waals surface area contributed by atoms with Crippen LogP contribution in [-0.2, 0) is 16.6 Å². The van der Waals surface area contributed by atoms with Gasteiger partial charge in [0.15, 0.2) is 0 Å². The van der Waals surface area contributed by atoms with Crippen LogP contribution in [0.25, 0.3) is 5.78 Å². The molecule has 0 fully saturated rings. The highest BCUT2D eigenvalue weighted by Gasteiger charge is 2.29. The molecule has 0 saturated heterocycles. The standard InChI is InChI=1S/C20H16Cl2FN5O2S/c1-12-18(22)13(2)28-19(24-12)25-20(26-28)27(11-14-4-3-5-16(23)10-14)31(29,30)17-8-6-15(21)7-9-17/h3-10H,11H2,1-2H3. The molecular formula is C20H16Cl2FN5O2S. The van der Waals surface area contributed by atoms with E-state index in [0.29, 0.717) is 27.0 Å². The number of benzene rings is 2. The van der Waals surface area contributed by atoms with Gasteiger partial charge in [0, 0.05) is 5.02 Å². The molecule has 7 nitrogen and oxygen atoms in total. The van der Waals surface area contributed by atoms with E-state index in [1.807, 2.05) is 0 Å². The maximum absolute atomic E-state index is 13.8. The van der Waals surface area contributed by atoms with E-state index in [-0.39, 0.29) is 23.2 Å². The number of aryl methyl sites for hydroxylation is 2. The Morgan fingerprint density at radius 1 is 1.06 bits per heavy atom. The third kappa shape index (κ3) is 4.08. The summed E-state index contributed by atoms with van der Waals surface area (Å²) in [5, 5.41) is 5.13. The molecule has 11 heteroatoms. The summed E-state index contributed by atoms with van der Waals surface area (Å²) >= 11 is 12.2. The highest BCUT2D eigenvalue weighted by atomic mass is 35.5. The van der Waals surface area contributed by atoms with E-state index < -0.39 is 15.8 Å². The summed E-state index contributed by atoms with van der Waals surface area (Å²) in [6.45, 7) is 3.26. The maximum atomic E-state index is 13.8. The summed E-state index contributed by atoms with van der Waals surface area (Å²) in [7, 11) is -4.11. The Labute approximate surface area is 188 Å². The number of nitrogens with zero attached hydrogens (tertiary/aromatic N) is 5. The van der Waals surface area contributed by atoms with Crippen LogP contribution in [-0.4, -0.2) is 28.0 Å². The summed E-state index contributed by atoms with van der Waals surface area (Å²) in [5.41, 5.74) is 1.54. The van der Waals surface area contributed by atoms with Crippen LogP contribution in [0, 0.1) is 19.7 Å². The Morgan fingerprint density at radius 2 is 1.77 bits per heavy atom. The van der Waals surface area contributed by atoms with Crippen LogP contribution in [0.15, 0.2) is 53.4 Å². The number of sulfonamides is 1. The van der Waals surface area contributed by atoms with E-state index in [1.165, 1.54) is 47.0 Å². The lowest BCUT2D eigenvalue weighted by Gasteiger charge is -2.21. The van der Waals surface area contributed by atoms with Crippen LogP contribution >= 0.6 is 23.2 Å². The van der Waals surface area contributed by atoms with Gasteiger partial charge in [-0.3, -0.25) is 0 Å². The van der Waals surface area contributed by atoms with Crippen molar-refractivity contribution in [1.29, 1.82) is 0 Å².